The van der Waals surface area contributed by atoms with Crippen molar-refractivity contribution in [2.45, 2.75) is 12.3 Å². The lowest BCUT2D eigenvalue weighted by molar-refractivity contribution is -0.142. The molecule has 0 radical (unpaired) electrons. The summed E-state index contributed by atoms with van der Waals surface area (Å²) in [5, 5.41) is 0. The monoisotopic (exact) mass is 432 g/mol. The molecular weight excluding hydrogens is 412 g/mol. The maximum Gasteiger partial charge on any atom is 0.341 e. The summed E-state index contributed by atoms with van der Waals surface area (Å²) in [7, 11) is 1.52. The van der Waals surface area contributed by atoms with E-state index in [9.17, 15) is 9.59 Å². The van der Waals surface area contributed by atoms with Crippen LogP contribution in [-0.4, -0.2) is 37.2 Å². The van der Waals surface area contributed by atoms with E-state index in [1.165, 1.54) is 7.11 Å². The van der Waals surface area contributed by atoms with Crippen molar-refractivity contribution in [3.8, 4) is 47.4 Å². The van der Waals surface area contributed by atoms with Crippen LogP contribution in [0.3, 0.4) is 0 Å². The number of pyridine rings is 1. The van der Waals surface area contributed by atoms with Gasteiger partial charge in [0.25, 0.3) is 0 Å². The van der Waals surface area contributed by atoms with Gasteiger partial charge in [0.05, 0.1) is 13.5 Å². The van der Waals surface area contributed by atoms with Crippen molar-refractivity contribution in [1.82, 2.24) is 4.98 Å². The number of aromatic nitrogens is 1. The maximum absolute atomic E-state index is 12.7. The average Bonchev–Trinajstić information content (AvgIpc) is 2.81. The first kappa shape index (κ1) is 22.3. The summed E-state index contributed by atoms with van der Waals surface area (Å²) in [5.41, 5.74) is 8.15. The van der Waals surface area contributed by atoms with Crippen LogP contribution in [0.15, 0.2) is 48.0 Å². The molecule has 2 aromatic rings. The van der Waals surface area contributed by atoms with E-state index < -0.39 is 17.9 Å². The Morgan fingerprint density at radius 1 is 1.12 bits per heavy atom. The van der Waals surface area contributed by atoms with Crippen molar-refractivity contribution in [1.29, 1.82) is 0 Å². The van der Waals surface area contributed by atoms with Gasteiger partial charge in [-0.25, -0.2) is 9.78 Å². The summed E-state index contributed by atoms with van der Waals surface area (Å²) in [6, 6.07) is 8.87. The number of esters is 2. The molecule has 0 saturated carbocycles. The molecule has 0 amide bonds. The highest BCUT2D eigenvalue weighted by molar-refractivity contribution is 5.93. The normalized spacial score (nSPS) is 14.3. The van der Waals surface area contributed by atoms with E-state index in [2.05, 4.69) is 16.8 Å². The number of nitrogens with zero attached hydrogens (tertiary/aromatic N) is 1. The van der Waals surface area contributed by atoms with E-state index in [0.29, 0.717) is 17.2 Å². The molecule has 0 spiro atoms. The molecule has 8 nitrogen and oxygen atoms in total. The van der Waals surface area contributed by atoms with Gasteiger partial charge in [-0.05, 0) is 29.3 Å². The SMILES string of the molecule is C#CCOC(=O)CC1C(C(=O)OCC#C)=C(N)Oc2ccc(-c3ccnc(OC)c3)cc21. The molecule has 0 bridgehead atoms. The van der Waals surface area contributed by atoms with Crippen molar-refractivity contribution >= 4 is 11.9 Å². The highest BCUT2D eigenvalue weighted by Gasteiger charge is 2.36. The first-order valence-electron chi connectivity index (χ1n) is 9.50. The predicted molar refractivity (Wildman–Crippen MR) is 115 cm³/mol. The third kappa shape index (κ3) is 4.82. The summed E-state index contributed by atoms with van der Waals surface area (Å²) in [6.45, 7) is -0.449. The zero-order valence-electron chi connectivity index (χ0n) is 17.3. The van der Waals surface area contributed by atoms with Crippen molar-refractivity contribution in [3.05, 3.63) is 53.5 Å². The Hall–Kier alpha value is -4.43. The average molecular weight is 432 g/mol. The number of benzene rings is 1. The first-order valence-corrected chi connectivity index (χ1v) is 9.50. The van der Waals surface area contributed by atoms with Gasteiger partial charge < -0.3 is 24.7 Å². The fourth-order valence-electron chi connectivity index (χ4n) is 3.28. The molecule has 3 rings (SSSR count). The minimum atomic E-state index is -0.794. The first-order chi connectivity index (χ1) is 15.5. The van der Waals surface area contributed by atoms with Gasteiger partial charge in [-0.1, -0.05) is 17.9 Å². The number of hydrogen-bond acceptors (Lipinski definition) is 8. The highest BCUT2D eigenvalue weighted by Crippen LogP contribution is 2.42. The van der Waals surface area contributed by atoms with Crippen molar-refractivity contribution in [3.63, 3.8) is 0 Å². The molecule has 2 N–H and O–H groups in total. The van der Waals surface area contributed by atoms with Gasteiger partial charge in [-0.15, -0.1) is 12.8 Å². The Balaban J connectivity index is 2.05. The van der Waals surface area contributed by atoms with E-state index in [1.807, 2.05) is 6.07 Å². The molecule has 1 aromatic heterocycles. The molecule has 32 heavy (non-hydrogen) atoms. The second-order valence-corrected chi connectivity index (χ2v) is 6.62. The van der Waals surface area contributed by atoms with Crippen LogP contribution in [0.5, 0.6) is 11.6 Å². The largest absolute Gasteiger partial charge is 0.481 e. The number of hydrogen-bond donors (Lipinski definition) is 1. The molecule has 162 valence electrons. The predicted octanol–water partition coefficient (Wildman–Crippen LogP) is 2.15. The van der Waals surface area contributed by atoms with Crippen LogP contribution in [0, 0.1) is 24.7 Å². The molecule has 0 saturated heterocycles. The zero-order chi connectivity index (χ0) is 23.1. The smallest absolute Gasteiger partial charge is 0.341 e. The van der Waals surface area contributed by atoms with Crippen LogP contribution in [0.1, 0.15) is 17.9 Å². The maximum atomic E-state index is 12.7. The summed E-state index contributed by atoms with van der Waals surface area (Å²) in [5.74, 6) is 2.93. The molecule has 0 fully saturated rings. The number of nitrogens with two attached hydrogens (primary N) is 1. The molecule has 1 aromatic carbocycles. The Labute approximate surface area is 185 Å². The van der Waals surface area contributed by atoms with Gasteiger partial charge in [0, 0.05) is 23.7 Å². The van der Waals surface area contributed by atoms with E-state index >= 15 is 0 Å². The lowest BCUT2D eigenvalue weighted by Crippen LogP contribution is -2.28. The van der Waals surface area contributed by atoms with E-state index in [4.69, 9.17) is 37.5 Å². The number of rotatable bonds is 7. The van der Waals surface area contributed by atoms with Gasteiger partial charge in [-0.3, -0.25) is 4.79 Å². The molecule has 2 heterocycles. The zero-order valence-corrected chi connectivity index (χ0v) is 17.3. The number of carbonyl (C=O) groups excluding carboxylic acids is 2. The second-order valence-electron chi connectivity index (χ2n) is 6.62. The quantitative estimate of drug-likeness (QED) is 0.524. The molecule has 0 aliphatic carbocycles. The van der Waals surface area contributed by atoms with Crippen molar-refractivity contribution in [2.75, 3.05) is 20.3 Å². The van der Waals surface area contributed by atoms with Crippen LogP contribution in [-0.2, 0) is 19.1 Å². The number of ether oxygens (including phenoxy) is 4. The third-order valence-electron chi connectivity index (χ3n) is 4.69. The number of methoxy groups -OCH3 is 1. The van der Waals surface area contributed by atoms with Crippen LogP contribution < -0.4 is 15.2 Å². The van der Waals surface area contributed by atoms with Gasteiger partial charge in [-0.2, -0.15) is 0 Å². The minimum absolute atomic E-state index is 0.0186. The fourth-order valence-corrected chi connectivity index (χ4v) is 3.28. The Morgan fingerprint density at radius 3 is 2.56 bits per heavy atom. The molecule has 1 unspecified atom stereocenters. The Bertz CT molecular complexity index is 1160. The number of terminal acetylenes is 2. The fraction of sp³-hybridized carbons (Fsp3) is 0.208. The molecule has 1 aliphatic heterocycles. The second kappa shape index (κ2) is 10.1. The standard InChI is InChI=1S/C24H20N2O6/c1-4-10-30-21(27)14-18-17-12-15(16-8-9-26-20(13-16)29-3)6-7-19(17)32-23(25)22(18)24(28)31-11-5-2/h1-2,6-9,12-13,18H,10-11,14,25H2,3H3. The summed E-state index contributed by atoms with van der Waals surface area (Å²) >= 11 is 0. The van der Waals surface area contributed by atoms with Crippen LogP contribution in [0.2, 0.25) is 0 Å². The lowest BCUT2D eigenvalue weighted by Gasteiger charge is -2.28. The molecule has 8 heteroatoms. The Morgan fingerprint density at radius 2 is 1.84 bits per heavy atom. The van der Waals surface area contributed by atoms with Gasteiger partial charge in [0.2, 0.25) is 11.8 Å². The number of carbonyl (C=O) groups is 2. The lowest BCUT2D eigenvalue weighted by atomic mass is 9.84. The minimum Gasteiger partial charge on any atom is -0.481 e. The number of fused-ring (bicyclic) bond motifs is 1. The highest BCUT2D eigenvalue weighted by atomic mass is 16.5. The van der Waals surface area contributed by atoms with Gasteiger partial charge in [0.1, 0.15) is 11.3 Å². The third-order valence-corrected chi connectivity index (χ3v) is 4.69. The van der Waals surface area contributed by atoms with Crippen molar-refractivity contribution in [2.24, 2.45) is 5.73 Å². The van der Waals surface area contributed by atoms with Crippen molar-refractivity contribution < 1.29 is 28.5 Å². The summed E-state index contributed by atoms with van der Waals surface area (Å²) < 4.78 is 20.9. The van der Waals surface area contributed by atoms with E-state index in [1.54, 1.807) is 30.5 Å². The Kier molecular flexibility index (Phi) is 6.99. The van der Waals surface area contributed by atoms with Crippen LogP contribution in [0.4, 0.5) is 0 Å². The summed E-state index contributed by atoms with van der Waals surface area (Å²) in [4.78, 5) is 29.2. The molecule has 1 atom stereocenters. The van der Waals surface area contributed by atoms with Crippen LogP contribution >= 0.6 is 0 Å². The summed E-state index contributed by atoms with van der Waals surface area (Å²) in [6.07, 6.45) is 11.7. The molecule has 1 aliphatic rings. The molecular formula is C24H20N2O6. The van der Waals surface area contributed by atoms with Crippen LogP contribution in [0.25, 0.3) is 11.1 Å². The van der Waals surface area contributed by atoms with Gasteiger partial charge >= 0.3 is 11.9 Å². The van der Waals surface area contributed by atoms with E-state index in [-0.39, 0.29) is 31.1 Å². The topological polar surface area (TPSA) is 110 Å². The van der Waals surface area contributed by atoms with E-state index in [0.717, 1.165) is 11.1 Å². The van der Waals surface area contributed by atoms with Gasteiger partial charge in [0.15, 0.2) is 13.2 Å².